The Labute approximate surface area is 486 Å². The van der Waals surface area contributed by atoms with E-state index in [2.05, 4.69) is 119 Å². The maximum Gasteiger partial charge on any atom is 0.185 e. The SMILES string of the molecule is C=Cc1ccc(C2(c3cc(C)ccc3C)C3=C(CCC=C3)c3ccc(N(c4ccc(N(c5ccc6c(c5)C(c5ccc(C=C)cc5)(c5cc(C)ccc5C)c5ccccc5-6)c5c(F)ccc(F)c5F)cc4)c4c(F)ccc(F)c4F)cc32)cc1. The lowest BCUT2D eigenvalue weighted by molar-refractivity contribution is 0.497. The molecule has 2 nitrogen and oxygen atoms in total. The fourth-order valence-electron chi connectivity index (χ4n) is 13.6. The number of fused-ring (bicyclic) bond motifs is 5. The molecular weight excluding hydrogens is 1050 g/mol. The van der Waals surface area contributed by atoms with Crippen LogP contribution in [0, 0.1) is 62.6 Å². The van der Waals surface area contributed by atoms with Crippen LogP contribution in [0.25, 0.3) is 28.9 Å². The number of rotatable bonds is 12. The highest BCUT2D eigenvalue weighted by Gasteiger charge is 2.50. The molecule has 0 amide bonds. The van der Waals surface area contributed by atoms with Crippen LogP contribution in [0.4, 0.5) is 60.5 Å². The molecule has 84 heavy (non-hydrogen) atoms. The van der Waals surface area contributed by atoms with Crippen LogP contribution in [0.15, 0.2) is 225 Å². The average molecular weight is 1110 g/mol. The Balaban J connectivity index is 1.03. The molecule has 0 saturated carbocycles. The van der Waals surface area contributed by atoms with Gasteiger partial charge in [-0.15, -0.1) is 0 Å². The van der Waals surface area contributed by atoms with E-state index in [1.54, 1.807) is 48.6 Å². The number of anilines is 6. The van der Waals surface area contributed by atoms with Gasteiger partial charge in [0, 0.05) is 22.7 Å². The monoisotopic (exact) mass is 1110 g/mol. The molecule has 0 spiro atoms. The van der Waals surface area contributed by atoms with Crippen molar-refractivity contribution >= 4 is 51.8 Å². The van der Waals surface area contributed by atoms with Gasteiger partial charge in [0.1, 0.15) is 23.0 Å². The molecule has 0 saturated heterocycles. The van der Waals surface area contributed by atoms with E-state index in [-0.39, 0.29) is 11.4 Å². The Bertz CT molecular complexity index is 4420. The minimum Gasteiger partial charge on any atom is -0.305 e. The maximum absolute atomic E-state index is 16.8. The highest BCUT2D eigenvalue weighted by Crippen LogP contribution is 2.61. The number of hydrogen-bond acceptors (Lipinski definition) is 2. The van der Waals surface area contributed by atoms with Crippen molar-refractivity contribution in [2.24, 2.45) is 0 Å². The van der Waals surface area contributed by atoms with Gasteiger partial charge in [-0.25, -0.2) is 26.3 Å². The van der Waals surface area contributed by atoms with Gasteiger partial charge in [-0.05, 0) is 202 Å². The number of nitrogens with zero attached hydrogens (tertiary/aromatic N) is 2. The summed E-state index contributed by atoms with van der Waals surface area (Å²) in [4.78, 5) is 2.68. The van der Waals surface area contributed by atoms with Crippen molar-refractivity contribution in [3.63, 3.8) is 0 Å². The highest BCUT2D eigenvalue weighted by molar-refractivity contribution is 5.93. The third-order valence-electron chi connectivity index (χ3n) is 17.5. The first-order chi connectivity index (χ1) is 40.7. The van der Waals surface area contributed by atoms with E-state index < -0.39 is 57.1 Å². The first kappa shape index (κ1) is 53.6. The first-order valence-corrected chi connectivity index (χ1v) is 28.1. The van der Waals surface area contributed by atoms with Gasteiger partial charge in [0.15, 0.2) is 23.3 Å². The van der Waals surface area contributed by atoms with Crippen LogP contribution in [0.1, 0.15) is 90.7 Å². The second-order valence-corrected chi connectivity index (χ2v) is 22.2. The standard InChI is InChI=1S/C76H56F6N2/c1-7-49-21-25-51(26-22-49)75(63-41-45(3)17-19-47(63)5)61-15-11-9-13-57(61)59-35-33-55(43-65(59)75)83(73-69(79)39-37-67(77)71(73)81)53-29-31-54(32-30-53)84(74-70(80)40-38-68(78)72(74)82)56-34-36-60-58-14-10-12-16-62(58)76(66(60)44-56,52-27-23-50(8-2)24-28-52)64-42-46(4)18-20-48(64)6/h7-9,11-13,15-44H,1-2,10,14H2,3-6H3. The molecule has 0 N–H and O–H groups in total. The summed E-state index contributed by atoms with van der Waals surface area (Å²) in [5.74, 6) is -7.45. The van der Waals surface area contributed by atoms with Gasteiger partial charge >= 0.3 is 0 Å². The van der Waals surface area contributed by atoms with Gasteiger partial charge in [0.25, 0.3) is 0 Å². The molecule has 0 bridgehead atoms. The summed E-state index contributed by atoms with van der Waals surface area (Å²) in [6.45, 7) is 16.3. The molecule has 0 radical (unpaired) electrons. The molecule has 10 aromatic rings. The molecule has 10 aromatic carbocycles. The molecule has 3 aliphatic carbocycles. The molecule has 0 fully saturated rings. The Kier molecular flexibility index (Phi) is 13.2. The van der Waals surface area contributed by atoms with Crippen molar-refractivity contribution in [2.45, 2.75) is 51.4 Å². The topological polar surface area (TPSA) is 6.48 Å². The lowest BCUT2D eigenvalue weighted by Crippen LogP contribution is -2.31. The minimum absolute atomic E-state index is 0.181. The van der Waals surface area contributed by atoms with Crippen LogP contribution in [0.2, 0.25) is 0 Å². The van der Waals surface area contributed by atoms with Crippen molar-refractivity contribution in [3.8, 4) is 11.1 Å². The summed E-state index contributed by atoms with van der Waals surface area (Å²) >= 11 is 0. The van der Waals surface area contributed by atoms with Gasteiger partial charge in [-0.1, -0.05) is 170 Å². The molecule has 0 aromatic heterocycles. The molecule has 0 heterocycles. The molecule has 8 heteroatoms. The van der Waals surface area contributed by atoms with E-state index >= 15 is 26.3 Å². The van der Waals surface area contributed by atoms with E-state index in [4.69, 9.17) is 0 Å². The second-order valence-electron chi connectivity index (χ2n) is 22.2. The Morgan fingerprint density at radius 2 is 0.845 bits per heavy atom. The molecule has 412 valence electrons. The number of hydrogen-bond donors (Lipinski definition) is 0. The van der Waals surface area contributed by atoms with Crippen LogP contribution in [0.3, 0.4) is 0 Å². The number of aryl methyl sites for hydroxylation is 4. The lowest BCUT2D eigenvalue weighted by Gasteiger charge is -2.37. The van der Waals surface area contributed by atoms with E-state index in [1.165, 1.54) is 9.80 Å². The fraction of sp³-hybridized carbons (Fsp3) is 0.105. The number of benzene rings is 10. The van der Waals surface area contributed by atoms with E-state index in [0.29, 0.717) is 11.4 Å². The average Bonchev–Trinajstić information content (AvgIpc) is 1.74. The fourth-order valence-corrected chi connectivity index (χ4v) is 13.6. The van der Waals surface area contributed by atoms with Crippen molar-refractivity contribution in [1.82, 2.24) is 0 Å². The van der Waals surface area contributed by atoms with Crippen LogP contribution in [-0.4, -0.2) is 0 Å². The van der Waals surface area contributed by atoms with Crippen LogP contribution in [-0.2, 0) is 10.8 Å². The van der Waals surface area contributed by atoms with Crippen molar-refractivity contribution in [2.75, 3.05) is 9.80 Å². The summed E-state index contributed by atoms with van der Waals surface area (Å²) in [6, 6.07) is 58.3. The Morgan fingerprint density at radius 3 is 1.37 bits per heavy atom. The van der Waals surface area contributed by atoms with Gasteiger partial charge in [-0.2, -0.15) is 0 Å². The highest BCUT2D eigenvalue weighted by atomic mass is 19.2. The molecular formula is C76H56F6N2. The van der Waals surface area contributed by atoms with Crippen LogP contribution < -0.4 is 9.80 Å². The molecule has 3 aliphatic rings. The number of halogens is 6. The van der Waals surface area contributed by atoms with Crippen molar-refractivity contribution in [1.29, 1.82) is 0 Å². The largest absolute Gasteiger partial charge is 0.305 e. The van der Waals surface area contributed by atoms with Crippen molar-refractivity contribution < 1.29 is 26.3 Å². The zero-order valence-corrected chi connectivity index (χ0v) is 46.8. The maximum atomic E-state index is 16.8. The van der Waals surface area contributed by atoms with Crippen LogP contribution in [0.5, 0.6) is 0 Å². The minimum atomic E-state index is -1.43. The predicted molar refractivity (Wildman–Crippen MR) is 330 cm³/mol. The summed E-state index contributed by atoms with van der Waals surface area (Å²) in [7, 11) is 0. The third-order valence-corrected chi connectivity index (χ3v) is 17.5. The van der Waals surface area contributed by atoms with E-state index in [9.17, 15) is 0 Å². The smallest absolute Gasteiger partial charge is 0.185 e. The molecule has 0 aliphatic heterocycles. The quantitative estimate of drug-likeness (QED) is 0.0889. The summed E-state index contributed by atoms with van der Waals surface area (Å²) < 4.78 is 98.7. The molecule has 2 unspecified atom stereocenters. The normalized spacial score (nSPS) is 16.5. The van der Waals surface area contributed by atoms with Crippen LogP contribution >= 0.6 is 0 Å². The van der Waals surface area contributed by atoms with E-state index in [0.717, 1.165) is 137 Å². The Morgan fingerprint density at radius 1 is 0.405 bits per heavy atom. The summed E-state index contributed by atoms with van der Waals surface area (Å²) in [5, 5.41) is 0. The molecule has 2 atom stereocenters. The molecule has 13 rings (SSSR count). The van der Waals surface area contributed by atoms with E-state index in [1.807, 2.05) is 67.6 Å². The van der Waals surface area contributed by atoms with Crippen molar-refractivity contribution in [3.05, 3.63) is 338 Å². The zero-order valence-electron chi connectivity index (χ0n) is 46.8. The Hall–Kier alpha value is -9.66. The zero-order chi connectivity index (χ0) is 58.3. The first-order valence-electron chi connectivity index (χ1n) is 28.1. The predicted octanol–water partition coefficient (Wildman–Crippen LogP) is 20.8. The van der Waals surface area contributed by atoms with Gasteiger partial charge in [-0.3, -0.25) is 0 Å². The lowest BCUT2D eigenvalue weighted by atomic mass is 9.65. The van der Waals surface area contributed by atoms with Gasteiger partial charge in [0.2, 0.25) is 0 Å². The van der Waals surface area contributed by atoms with Gasteiger partial charge in [0.05, 0.1) is 10.8 Å². The number of allylic oxidation sites excluding steroid dienone is 4. The summed E-state index contributed by atoms with van der Waals surface area (Å²) in [5.41, 5.74) is 15.5. The third kappa shape index (κ3) is 8.17. The van der Waals surface area contributed by atoms with Gasteiger partial charge < -0.3 is 9.80 Å². The second kappa shape index (κ2) is 20.6. The summed E-state index contributed by atoms with van der Waals surface area (Å²) in [6.07, 6.45) is 9.53.